The van der Waals surface area contributed by atoms with E-state index in [2.05, 4.69) is 10.3 Å². The molecular weight excluding hydrogens is 206 g/mol. The molecule has 1 unspecified atom stereocenters. The summed E-state index contributed by atoms with van der Waals surface area (Å²) in [6.45, 7) is 4.78. The van der Waals surface area contributed by atoms with Gasteiger partial charge in [-0.1, -0.05) is 0 Å². The van der Waals surface area contributed by atoms with Crippen LogP contribution in [0.2, 0.25) is 0 Å². The average molecular weight is 223 g/mol. The number of aromatic nitrogens is 2. The quantitative estimate of drug-likeness (QED) is 0.783. The summed E-state index contributed by atoms with van der Waals surface area (Å²) in [6, 6.07) is 0.0545. The van der Waals surface area contributed by atoms with E-state index in [4.69, 9.17) is 4.74 Å². The van der Waals surface area contributed by atoms with Gasteiger partial charge in [-0.05, 0) is 26.7 Å². The molecule has 16 heavy (non-hydrogen) atoms. The van der Waals surface area contributed by atoms with Crippen LogP contribution in [0.4, 0.5) is 4.79 Å². The molecule has 1 N–H and O–H groups in total. The summed E-state index contributed by atoms with van der Waals surface area (Å²) in [6.07, 6.45) is 6.43. The van der Waals surface area contributed by atoms with Crippen LogP contribution < -0.4 is 5.32 Å². The Morgan fingerprint density at radius 2 is 2.44 bits per heavy atom. The van der Waals surface area contributed by atoms with Crippen LogP contribution >= 0.6 is 0 Å². The fourth-order valence-electron chi connectivity index (χ4n) is 1.98. The van der Waals surface area contributed by atoms with Crippen LogP contribution in [0.15, 0.2) is 18.7 Å². The maximum atomic E-state index is 11.8. The zero-order chi connectivity index (χ0) is 11.6. The van der Waals surface area contributed by atoms with Crippen LogP contribution in [0.3, 0.4) is 0 Å². The summed E-state index contributed by atoms with van der Waals surface area (Å²) in [5, 5.41) is 2.98. The lowest BCUT2D eigenvalue weighted by atomic mass is 9.94. The minimum absolute atomic E-state index is 0.125. The van der Waals surface area contributed by atoms with Gasteiger partial charge in [0.25, 0.3) is 0 Å². The van der Waals surface area contributed by atoms with Gasteiger partial charge in [0.2, 0.25) is 0 Å². The van der Waals surface area contributed by atoms with Crippen LogP contribution in [0.25, 0.3) is 0 Å². The van der Waals surface area contributed by atoms with E-state index in [1.165, 1.54) is 10.9 Å². The Labute approximate surface area is 94.8 Å². The molecule has 2 heterocycles. The zero-order valence-corrected chi connectivity index (χ0v) is 9.64. The highest BCUT2D eigenvalue weighted by Crippen LogP contribution is 2.23. The Kier molecular flexibility index (Phi) is 2.96. The molecule has 1 saturated heterocycles. The van der Waals surface area contributed by atoms with Gasteiger partial charge < -0.3 is 10.1 Å². The van der Waals surface area contributed by atoms with E-state index in [0.29, 0.717) is 6.61 Å². The minimum Gasteiger partial charge on any atom is -0.375 e. The van der Waals surface area contributed by atoms with Crippen molar-refractivity contribution in [1.29, 1.82) is 0 Å². The van der Waals surface area contributed by atoms with Crippen molar-refractivity contribution in [1.82, 2.24) is 14.9 Å². The molecule has 5 heteroatoms. The Morgan fingerprint density at radius 3 is 3.06 bits per heavy atom. The van der Waals surface area contributed by atoms with Gasteiger partial charge in [0, 0.05) is 25.0 Å². The van der Waals surface area contributed by atoms with Crippen molar-refractivity contribution in [2.75, 3.05) is 6.61 Å². The van der Waals surface area contributed by atoms with Crippen LogP contribution in [0.5, 0.6) is 0 Å². The van der Waals surface area contributed by atoms with Crippen LogP contribution in [0.1, 0.15) is 26.7 Å². The fraction of sp³-hybridized carbons (Fsp3) is 0.636. The molecule has 1 aliphatic rings. The third-order valence-electron chi connectivity index (χ3n) is 2.76. The second-order valence-corrected chi connectivity index (χ2v) is 4.72. The fourth-order valence-corrected chi connectivity index (χ4v) is 1.98. The molecule has 1 aromatic heterocycles. The lowest BCUT2D eigenvalue weighted by Crippen LogP contribution is -2.46. The van der Waals surface area contributed by atoms with E-state index < -0.39 is 0 Å². The SMILES string of the molecule is CC1(C)CC(NC(=O)n2ccnc2)CCO1. The van der Waals surface area contributed by atoms with Crippen molar-refractivity contribution in [3.05, 3.63) is 18.7 Å². The lowest BCUT2D eigenvalue weighted by molar-refractivity contribution is -0.0611. The predicted molar refractivity (Wildman–Crippen MR) is 59.2 cm³/mol. The van der Waals surface area contributed by atoms with Crippen molar-refractivity contribution >= 4 is 6.03 Å². The van der Waals surface area contributed by atoms with Crippen LogP contribution in [-0.2, 0) is 4.74 Å². The largest absolute Gasteiger partial charge is 0.375 e. The second-order valence-electron chi connectivity index (χ2n) is 4.72. The maximum Gasteiger partial charge on any atom is 0.327 e. The van der Waals surface area contributed by atoms with E-state index in [-0.39, 0.29) is 17.7 Å². The second kappa shape index (κ2) is 4.25. The molecule has 0 aromatic carbocycles. The van der Waals surface area contributed by atoms with Gasteiger partial charge in [-0.25, -0.2) is 9.78 Å². The number of nitrogens with one attached hydrogen (secondary N) is 1. The molecule has 5 nitrogen and oxygen atoms in total. The first-order chi connectivity index (χ1) is 7.57. The Bertz CT molecular complexity index is 359. The van der Waals surface area contributed by atoms with E-state index >= 15 is 0 Å². The third-order valence-corrected chi connectivity index (χ3v) is 2.76. The van der Waals surface area contributed by atoms with Crippen molar-refractivity contribution < 1.29 is 9.53 Å². The van der Waals surface area contributed by atoms with Gasteiger partial charge in [0.05, 0.1) is 5.60 Å². The van der Waals surface area contributed by atoms with Gasteiger partial charge in [0.15, 0.2) is 0 Å². The molecule has 1 aromatic rings. The summed E-state index contributed by atoms with van der Waals surface area (Å²) >= 11 is 0. The third kappa shape index (κ3) is 2.61. The molecule has 1 amide bonds. The number of amides is 1. The summed E-state index contributed by atoms with van der Waals surface area (Å²) < 4.78 is 7.04. The smallest absolute Gasteiger partial charge is 0.327 e. The molecule has 1 fully saturated rings. The van der Waals surface area contributed by atoms with Crippen LogP contribution in [-0.4, -0.2) is 33.8 Å². The molecule has 0 spiro atoms. The van der Waals surface area contributed by atoms with Crippen LogP contribution in [0, 0.1) is 0 Å². The zero-order valence-electron chi connectivity index (χ0n) is 9.64. The summed E-state index contributed by atoms with van der Waals surface area (Å²) in [5.41, 5.74) is -0.148. The maximum absolute atomic E-state index is 11.8. The molecule has 0 radical (unpaired) electrons. The molecular formula is C11H17N3O2. The number of carbonyl (C=O) groups excluding carboxylic acids is 1. The number of nitrogens with zero attached hydrogens (tertiary/aromatic N) is 2. The predicted octanol–water partition coefficient (Wildman–Crippen LogP) is 1.40. The Morgan fingerprint density at radius 1 is 1.62 bits per heavy atom. The number of imidazole rings is 1. The van der Waals surface area contributed by atoms with Crippen molar-refractivity contribution in [2.45, 2.75) is 38.3 Å². The number of ether oxygens (including phenoxy) is 1. The monoisotopic (exact) mass is 223 g/mol. The first kappa shape index (κ1) is 11.1. The summed E-state index contributed by atoms with van der Waals surface area (Å²) in [4.78, 5) is 15.6. The summed E-state index contributed by atoms with van der Waals surface area (Å²) in [7, 11) is 0. The van der Waals surface area contributed by atoms with E-state index in [9.17, 15) is 4.79 Å². The van der Waals surface area contributed by atoms with Gasteiger partial charge in [-0.15, -0.1) is 0 Å². The molecule has 0 aliphatic carbocycles. The van der Waals surface area contributed by atoms with Crippen molar-refractivity contribution in [3.8, 4) is 0 Å². The molecule has 0 saturated carbocycles. The standard InChI is InChI=1S/C11H17N3O2/c1-11(2)7-9(3-6-16-11)13-10(15)14-5-4-12-8-14/h4-5,8-9H,3,6-7H2,1-2H3,(H,13,15). The highest BCUT2D eigenvalue weighted by molar-refractivity contribution is 5.76. The molecule has 0 bridgehead atoms. The topological polar surface area (TPSA) is 56.2 Å². The highest BCUT2D eigenvalue weighted by atomic mass is 16.5. The first-order valence-corrected chi connectivity index (χ1v) is 5.50. The Hall–Kier alpha value is -1.36. The minimum atomic E-state index is -0.148. The van der Waals surface area contributed by atoms with E-state index in [0.717, 1.165) is 12.8 Å². The Balaban J connectivity index is 1.92. The van der Waals surface area contributed by atoms with E-state index in [1.807, 2.05) is 13.8 Å². The molecule has 1 aliphatic heterocycles. The number of hydrogen-bond acceptors (Lipinski definition) is 3. The lowest BCUT2D eigenvalue weighted by Gasteiger charge is -2.35. The van der Waals surface area contributed by atoms with Gasteiger partial charge in [-0.3, -0.25) is 4.57 Å². The van der Waals surface area contributed by atoms with Gasteiger partial charge >= 0.3 is 6.03 Å². The highest BCUT2D eigenvalue weighted by Gasteiger charge is 2.29. The number of hydrogen-bond donors (Lipinski definition) is 1. The summed E-state index contributed by atoms with van der Waals surface area (Å²) in [5.74, 6) is 0. The molecule has 1 atom stereocenters. The van der Waals surface area contributed by atoms with Crippen molar-refractivity contribution in [2.24, 2.45) is 0 Å². The van der Waals surface area contributed by atoms with E-state index in [1.54, 1.807) is 12.4 Å². The normalized spacial score (nSPS) is 24.0. The number of carbonyl (C=O) groups is 1. The van der Waals surface area contributed by atoms with Crippen molar-refractivity contribution in [3.63, 3.8) is 0 Å². The van der Waals surface area contributed by atoms with Gasteiger partial charge in [-0.2, -0.15) is 0 Å². The molecule has 88 valence electrons. The first-order valence-electron chi connectivity index (χ1n) is 5.50. The number of rotatable bonds is 1. The molecule has 2 rings (SSSR count). The average Bonchev–Trinajstić information content (AvgIpc) is 2.68. The van der Waals surface area contributed by atoms with Gasteiger partial charge in [0.1, 0.15) is 6.33 Å².